The lowest BCUT2D eigenvalue weighted by Crippen LogP contribution is -2.34. The zero-order valence-corrected chi connectivity index (χ0v) is 11.4. The molecular formula is C15H20FNO2. The third-order valence-electron chi connectivity index (χ3n) is 4.26. The fourth-order valence-electron chi connectivity index (χ4n) is 2.79. The number of benzene rings is 1. The molecule has 4 heteroatoms. The molecule has 1 aromatic rings. The summed E-state index contributed by atoms with van der Waals surface area (Å²) in [6.45, 7) is 5.88. The van der Waals surface area contributed by atoms with Gasteiger partial charge in [-0.2, -0.15) is 0 Å². The molecule has 2 rings (SSSR count). The largest absolute Gasteiger partial charge is 0.481 e. The Kier molecular flexibility index (Phi) is 3.90. The molecule has 0 amide bonds. The van der Waals surface area contributed by atoms with E-state index in [1.807, 2.05) is 13.8 Å². The molecule has 19 heavy (non-hydrogen) atoms. The number of nitrogens with zero attached hydrogens (tertiary/aromatic N) is 1. The van der Waals surface area contributed by atoms with E-state index in [2.05, 4.69) is 4.90 Å². The minimum absolute atomic E-state index is 0.226. The molecule has 1 unspecified atom stereocenters. The Morgan fingerprint density at radius 3 is 2.79 bits per heavy atom. The molecular weight excluding hydrogens is 245 g/mol. The molecule has 0 radical (unpaired) electrons. The first-order chi connectivity index (χ1) is 8.97. The maximum Gasteiger partial charge on any atom is 0.310 e. The maximum absolute atomic E-state index is 13.1. The summed E-state index contributed by atoms with van der Waals surface area (Å²) in [6.07, 6.45) is 1.35. The fourth-order valence-corrected chi connectivity index (χ4v) is 2.79. The van der Waals surface area contributed by atoms with Crippen LogP contribution < -0.4 is 0 Å². The van der Waals surface area contributed by atoms with Crippen molar-refractivity contribution >= 4 is 5.97 Å². The highest BCUT2D eigenvalue weighted by molar-refractivity contribution is 5.75. The van der Waals surface area contributed by atoms with Crippen LogP contribution in [0, 0.1) is 18.2 Å². The van der Waals surface area contributed by atoms with Crippen LogP contribution in [-0.4, -0.2) is 29.1 Å². The summed E-state index contributed by atoms with van der Waals surface area (Å²) in [6, 6.07) is 4.77. The first-order valence-corrected chi connectivity index (χ1v) is 6.67. The standard InChI is InChI=1S/C15H20FNO2/c1-3-15(14(18)19)6-7-17(10-15)9-12-4-5-13(16)8-11(12)2/h4-5,8H,3,6-7,9-10H2,1-2H3,(H,18,19). The summed E-state index contributed by atoms with van der Waals surface area (Å²) in [5.74, 6) is -0.926. The molecule has 3 nitrogen and oxygen atoms in total. The van der Waals surface area contributed by atoms with Crippen LogP contribution in [0.1, 0.15) is 30.9 Å². The Morgan fingerprint density at radius 2 is 2.26 bits per heavy atom. The van der Waals surface area contributed by atoms with Crippen molar-refractivity contribution in [3.8, 4) is 0 Å². The Balaban J connectivity index is 2.08. The van der Waals surface area contributed by atoms with Crippen molar-refractivity contribution in [2.45, 2.75) is 33.2 Å². The molecule has 0 aliphatic carbocycles. The van der Waals surface area contributed by atoms with Crippen LogP contribution in [0.4, 0.5) is 4.39 Å². The number of carboxylic acids is 1. The fraction of sp³-hybridized carbons (Fsp3) is 0.533. The number of carbonyl (C=O) groups is 1. The monoisotopic (exact) mass is 265 g/mol. The van der Waals surface area contributed by atoms with Gasteiger partial charge in [0.15, 0.2) is 0 Å². The SMILES string of the molecule is CCC1(C(=O)O)CCN(Cc2ccc(F)cc2C)C1. The Labute approximate surface area is 113 Å². The third kappa shape index (κ3) is 2.78. The molecule has 0 bridgehead atoms. The van der Waals surface area contributed by atoms with Gasteiger partial charge >= 0.3 is 5.97 Å². The van der Waals surface area contributed by atoms with Gasteiger partial charge in [0, 0.05) is 13.1 Å². The zero-order valence-electron chi connectivity index (χ0n) is 11.4. The number of rotatable bonds is 4. The highest BCUT2D eigenvalue weighted by Gasteiger charge is 2.43. The smallest absolute Gasteiger partial charge is 0.310 e. The lowest BCUT2D eigenvalue weighted by Gasteiger charge is -2.23. The molecule has 1 aliphatic heterocycles. The molecule has 0 spiro atoms. The summed E-state index contributed by atoms with van der Waals surface area (Å²) in [5.41, 5.74) is 1.39. The average Bonchev–Trinajstić information content (AvgIpc) is 2.77. The molecule has 1 aliphatic rings. The van der Waals surface area contributed by atoms with Gasteiger partial charge in [0.05, 0.1) is 5.41 Å². The third-order valence-corrected chi connectivity index (χ3v) is 4.26. The number of carboxylic acid groups (broad SMARTS) is 1. The van der Waals surface area contributed by atoms with Crippen molar-refractivity contribution in [2.24, 2.45) is 5.41 Å². The Hall–Kier alpha value is -1.42. The first kappa shape index (κ1) is 14.0. The van der Waals surface area contributed by atoms with Crippen LogP contribution in [0.25, 0.3) is 0 Å². The minimum Gasteiger partial charge on any atom is -0.481 e. The van der Waals surface area contributed by atoms with Gasteiger partial charge in [0.2, 0.25) is 0 Å². The molecule has 0 saturated carbocycles. The second-order valence-corrected chi connectivity index (χ2v) is 5.47. The van der Waals surface area contributed by atoms with E-state index >= 15 is 0 Å². The number of aliphatic carboxylic acids is 1. The normalized spacial score (nSPS) is 23.7. The first-order valence-electron chi connectivity index (χ1n) is 6.67. The maximum atomic E-state index is 13.1. The van der Waals surface area contributed by atoms with Crippen molar-refractivity contribution in [3.05, 3.63) is 35.1 Å². The number of likely N-dealkylation sites (tertiary alicyclic amines) is 1. The zero-order chi connectivity index (χ0) is 14.0. The van der Waals surface area contributed by atoms with Gasteiger partial charge in [0.1, 0.15) is 5.82 Å². The topological polar surface area (TPSA) is 40.5 Å². The molecule has 1 heterocycles. The molecule has 1 N–H and O–H groups in total. The van der Waals surface area contributed by atoms with Crippen LogP contribution in [0.3, 0.4) is 0 Å². The van der Waals surface area contributed by atoms with Gasteiger partial charge in [-0.3, -0.25) is 9.69 Å². The predicted octanol–water partition coefficient (Wildman–Crippen LogP) is 2.82. The van der Waals surface area contributed by atoms with Crippen molar-refractivity contribution in [3.63, 3.8) is 0 Å². The van der Waals surface area contributed by atoms with E-state index in [9.17, 15) is 14.3 Å². The van der Waals surface area contributed by atoms with E-state index < -0.39 is 11.4 Å². The molecule has 104 valence electrons. The van der Waals surface area contributed by atoms with E-state index in [0.29, 0.717) is 25.9 Å². The van der Waals surface area contributed by atoms with Gasteiger partial charge < -0.3 is 5.11 Å². The van der Waals surface area contributed by atoms with Crippen LogP contribution in [0.2, 0.25) is 0 Å². The predicted molar refractivity (Wildman–Crippen MR) is 71.4 cm³/mol. The quantitative estimate of drug-likeness (QED) is 0.910. The Morgan fingerprint density at radius 1 is 1.53 bits per heavy atom. The molecule has 1 atom stereocenters. The van der Waals surface area contributed by atoms with Gasteiger partial charge in [-0.15, -0.1) is 0 Å². The summed E-state index contributed by atoms with van der Waals surface area (Å²) in [5, 5.41) is 9.36. The number of hydrogen-bond acceptors (Lipinski definition) is 2. The highest BCUT2D eigenvalue weighted by atomic mass is 19.1. The molecule has 1 aromatic carbocycles. The van der Waals surface area contributed by atoms with Gasteiger partial charge in [-0.05, 0) is 49.6 Å². The van der Waals surface area contributed by atoms with Crippen molar-refractivity contribution in [1.29, 1.82) is 0 Å². The van der Waals surface area contributed by atoms with Gasteiger partial charge in [-0.1, -0.05) is 13.0 Å². The molecule has 1 fully saturated rings. The van der Waals surface area contributed by atoms with Crippen molar-refractivity contribution in [2.75, 3.05) is 13.1 Å². The van der Waals surface area contributed by atoms with E-state index in [-0.39, 0.29) is 5.82 Å². The Bertz CT molecular complexity index is 489. The summed E-state index contributed by atoms with van der Waals surface area (Å²) in [4.78, 5) is 13.5. The summed E-state index contributed by atoms with van der Waals surface area (Å²) in [7, 11) is 0. The number of aryl methyl sites for hydroxylation is 1. The lowest BCUT2D eigenvalue weighted by molar-refractivity contribution is -0.148. The van der Waals surface area contributed by atoms with E-state index in [0.717, 1.165) is 17.7 Å². The van der Waals surface area contributed by atoms with Crippen molar-refractivity contribution < 1.29 is 14.3 Å². The van der Waals surface area contributed by atoms with Gasteiger partial charge in [-0.25, -0.2) is 4.39 Å². The average molecular weight is 265 g/mol. The summed E-state index contributed by atoms with van der Waals surface area (Å²) >= 11 is 0. The lowest BCUT2D eigenvalue weighted by atomic mass is 9.84. The minimum atomic E-state index is -0.701. The van der Waals surface area contributed by atoms with E-state index in [1.54, 1.807) is 6.07 Å². The van der Waals surface area contributed by atoms with Crippen molar-refractivity contribution in [1.82, 2.24) is 4.90 Å². The number of halogens is 1. The van der Waals surface area contributed by atoms with Crippen LogP contribution in [-0.2, 0) is 11.3 Å². The number of hydrogen-bond donors (Lipinski definition) is 1. The van der Waals surface area contributed by atoms with Crippen LogP contribution in [0.15, 0.2) is 18.2 Å². The molecule has 0 aromatic heterocycles. The second kappa shape index (κ2) is 5.29. The van der Waals surface area contributed by atoms with E-state index in [1.165, 1.54) is 12.1 Å². The van der Waals surface area contributed by atoms with Crippen LogP contribution >= 0.6 is 0 Å². The van der Waals surface area contributed by atoms with Gasteiger partial charge in [0.25, 0.3) is 0 Å². The summed E-state index contributed by atoms with van der Waals surface area (Å²) < 4.78 is 13.1. The van der Waals surface area contributed by atoms with E-state index in [4.69, 9.17) is 0 Å². The highest BCUT2D eigenvalue weighted by Crippen LogP contribution is 2.35. The van der Waals surface area contributed by atoms with Crippen LogP contribution in [0.5, 0.6) is 0 Å². The second-order valence-electron chi connectivity index (χ2n) is 5.47. The molecule has 1 saturated heterocycles.